The van der Waals surface area contributed by atoms with Gasteiger partial charge in [-0.2, -0.15) is 5.10 Å². The first-order chi connectivity index (χ1) is 16.2. The lowest BCUT2D eigenvalue weighted by Crippen LogP contribution is -2.37. The van der Waals surface area contributed by atoms with E-state index >= 15 is 0 Å². The predicted molar refractivity (Wildman–Crippen MR) is 129 cm³/mol. The number of aliphatic imine (C=N–C) groups is 1. The van der Waals surface area contributed by atoms with Crippen LogP contribution in [0.15, 0.2) is 90.4 Å². The number of rotatable bonds is 8. The molecule has 0 spiro atoms. The molecule has 0 atom stereocenters. The Balaban J connectivity index is 1.35. The van der Waals surface area contributed by atoms with E-state index < -0.39 is 0 Å². The quantitative estimate of drug-likeness (QED) is 0.319. The first-order valence-electron chi connectivity index (χ1n) is 10.9. The summed E-state index contributed by atoms with van der Waals surface area (Å²) >= 11 is 0. The zero-order valence-corrected chi connectivity index (χ0v) is 18.6. The summed E-state index contributed by atoms with van der Waals surface area (Å²) in [6.45, 7) is 2.05. The van der Waals surface area contributed by atoms with Gasteiger partial charge in [-0.25, -0.2) is 14.1 Å². The van der Waals surface area contributed by atoms with Gasteiger partial charge in [0.05, 0.1) is 6.54 Å². The molecule has 3 aromatic carbocycles. The SMILES string of the molecule is CN=C(NCCc1ccc(F)cc1)NCc1ccccc1-c1ccc(Cn2cncn2)cc1. The zero-order chi connectivity index (χ0) is 22.9. The molecule has 168 valence electrons. The molecule has 0 saturated carbocycles. The van der Waals surface area contributed by atoms with Crippen LogP contribution < -0.4 is 10.6 Å². The minimum absolute atomic E-state index is 0.215. The van der Waals surface area contributed by atoms with E-state index in [0.29, 0.717) is 19.6 Å². The van der Waals surface area contributed by atoms with Crippen LogP contribution in [0.1, 0.15) is 16.7 Å². The van der Waals surface area contributed by atoms with E-state index in [1.54, 1.807) is 31.8 Å². The van der Waals surface area contributed by atoms with Gasteiger partial charge in [0.2, 0.25) is 0 Å². The topological polar surface area (TPSA) is 67.1 Å². The number of nitrogens with zero attached hydrogens (tertiary/aromatic N) is 4. The monoisotopic (exact) mass is 442 g/mol. The molecule has 4 aromatic rings. The molecule has 1 aromatic heterocycles. The summed E-state index contributed by atoms with van der Waals surface area (Å²) in [5, 5.41) is 10.9. The van der Waals surface area contributed by atoms with Crippen LogP contribution in [0.3, 0.4) is 0 Å². The standard InChI is InChI=1S/C26H27FN6/c1-28-26(30-15-14-20-8-12-24(27)13-9-20)31-16-23-4-2-3-5-25(23)22-10-6-21(7-11-22)17-33-19-29-18-32-33/h2-13,18-19H,14-17H2,1H3,(H2,28,30,31). The molecule has 6 nitrogen and oxygen atoms in total. The number of halogens is 1. The third kappa shape index (κ3) is 6.26. The molecule has 0 fully saturated rings. The smallest absolute Gasteiger partial charge is 0.191 e. The molecule has 0 aliphatic carbocycles. The fourth-order valence-corrected chi connectivity index (χ4v) is 3.62. The molecule has 0 radical (unpaired) electrons. The van der Waals surface area contributed by atoms with Crippen LogP contribution in [0.5, 0.6) is 0 Å². The first kappa shape index (κ1) is 22.2. The molecule has 0 bridgehead atoms. The lowest BCUT2D eigenvalue weighted by Gasteiger charge is -2.15. The highest BCUT2D eigenvalue weighted by molar-refractivity contribution is 5.80. The van der Waals surface area contributed by atoms with Gasteiger partial charge >= 0.3 is 0 Å². The molecule has 0 saturated heterocycles. The minimum Gasteiger partial charge on any atom is -0.356 e. The third-order valence-electron chi connectivity index (χ3n) is 5.38. The van der Waals surface area contributed by atoms with Crippen LogP contribution in [0.2, 0.25) is 0 Å². The molecule has 2 N–H and O–H groups in total. The van der Waals surface area contributed by atoms with Gasteiger partial charge in [0.1, 0.15) is 18.5 Å². The van der Waals surface area contributed by atoms with Crippen molar-refractivity contribution < 1.29 is 4.39 Å². The van der Waals surface area contributed by atoms with Crippen LogP contribution in [-0.4, -0.2) is 34.3 Å². The average molecular weight is 443 g/mol. The second-order valence-electron chi connectivity index (χ2n) is 7.68. The maximum Gasteiger partial charge on any atom is 0.191 e. The van der Waals surface area contributed by atoms with Crippen LogP contribution in [-0.2, 0) is 19.5 Å². The number of benzene rings is 3. The molecular formula is C26H27FN6. The molecule has 0 aliphatic rings. The van der Waals surface area contributed by atoms with Gasteiger partial charge in [0.15, 0.2) is 5.96 Å². The Bertz CT molecular complexity index is 1170. The van der Waals surface area contributed by atoms with Crippen LogP contribution >= 0.6 is 0 Å². The summed E-state index contributed by atoms with van der Waals surface area (Å²) in [6, 6.07) is 23.5. The highest BCUT2D eigenvalue weighted by atomic mass is 19.1. The Morgan fingerprint density at radius 1 is 0.939 bits per heavy atom. The number of hydrogen-bond acceptors (Lipinski definition) is 3. The largest absolute Gasteiger partial charge is 0.356 e. The van der Waals surface area contributed by atoms with Crippen LogP contribution in [0.4, 0.5) is 4.39 Å². The van der Waals surface area contributed by atoms with Gasteiger partial charge < -0.3 is 10.6 Å². The van der Waals surface area contributed by atoms with E-state index in [4.69, 9.17) is 0 Å². The van der Waals surface area contributed by atoms with Crippen molar-refractivity contribution in [3.05, 3.63) is 108 Å². The predicted octanol–water partition coefficient (Wildman–Crippen LogP) is 4.04. The summed E-state index contributed by atoms with van der Waals surface area (Å²) in [6.07, 6.45) is 4.05. The summed E-state index contributed by atoms with van der Waals surface area (Å²) in [7, 11) is 1.76. The maximum absolute atomic E-state index is 13.1. The molecule has 7 heteroatoms. The summed E-state index contributed by atoms with van der Waals surface area (Å²) in [5.41, 5.74) is 5.78. The summed E-state index contributed by atoms with van der Waals surface area (Å²) in [4.78, 5) is 8.31. The van der Waals surface area contributed by atoms with Gasteiger partial charge in [0, 0.05) is 20.1 Å². The minimum atomic E-state index is -0.215. The van der Waals surface area contributed by atoms with E-state index in [-0.39, 0.29) is 5.82 Å². The Morgan fingerprint density at radius 2 is 1.70 bits per heavy atom. The highest BCUT2D eigenvalue weighted by Crippen LogP contribution is 2.24. The Labute approximate surface area is 193 Å². The van der Waals surface area contributed by atoms with Crippen molar-refractivity contribution in [1.29, 1.82) is 0 Å². The summed E-state index contributed by atoms with van der Waals surface area (Å²) in [5.74, 6) is 0.516. The van der Waals surface area contributed by atoms with Gasteiger partial charge in [0.25, 0.3) is 0 Å². The fourth-order valence-electron chi connectivity index (χ4n) is 3.62. The third-order valence-corrected chi connectivity index (χ3v) is 5.38. The van der Waals surface area contributed by atoms with Crippen molar-refractivity contribution in [2.24, 2.45) is 4.99 Å². The van der Waals surface area contributed by atoms with E-state index in [1.807, 2.05) is 10.7 Å². The second kappa shape index (κ2) is 11.0. The number of aromatic nitrogens is 3. The van der Waals surface area contributed by atoms with Gasteiger partial charge in [-0.1, -0.05) is 60.7 Å². The van der Waals surface area contributed by atoms with Crippen molar-refractivity contribution in [2.75, 3.05) is 13.6 Å². The number of hydrogen-bond donors (Lipinski definition) is 2. The zero-order valence-electron chi connectivity index (χ0n) is 18.6. The van der Waals surface area contributed by atoms with Crippen molar-refractivity contribution in [3.63, 3.8) is 0 Å². The van der Waals surface area contributed by atoms with Gasteiger partial charge in [-0.05, 0) is 46.4 Å². The molecule has 1 heterocycles. The molecular weight excluding hydrogens is 415 g/mol. The van der Waals surface area contributed by atoms with Crippen LogP contribution in [0.25, 0.3) is 11.1 Å². The van der Waals surface area contributed by atoms with Crippen molar-refractivity contribution >= 4 is 5.96 Å². The highest BCUT2D eigenvalue weighted by Gasteiger charge is 2.07. The summed E-state index contributed by atoms with van der Waals surface area (Å²) < 4.78 is 14.9. The average Bonchev–Trinajstić information content (AvgIpc) is 3.36. The molecule has 33 heavy (non-hydrogen) atoms. The van der Waals surface area contributed by atoms with E-state index in [9.17, 15) is 4.39 Å². The van der Waals surface area contributed by atoms with Crippen LogP contribution in [0, 0.1) is 5.82 Å². The Kier molecular flexibility index (Phi) is 7.43. The fraction of sp³-hybridized carbons (Fsp3) is 0.192. The second-order valence-corrected chi connectivity index (χ2v) is 7.68. The lowest BCUT2D eigenvalue weighted by atomic mass is 9.98. The Morgan fingerprint density at radius 3 is 2.42 bits per heavy atom. The first-order valence-corrected chi connectivity index (χ1v) is 10.9. The van der Waals surface area contributed by atoms with Crippen molar-refractivity contribution in [3.8, 4) is 11.1 Å². The molecule has 0 aliphatic heterocycles. The van der Waals surface area contributed by atoms with Crippen molar-refractivity contribution in [1.82, 2.24) is 25.4 Å². The van der Waals surface area contributed by atoms with Gasteiger partial charge in [-0.3, -0.25) is 4.99 Å². The van der Waals surface area contributed by atoms with E-state index in [1.165, 1.54) is 28.8 Å². The van der Waals surface area contributed by atoms with Crippen molar-refractivity contribution in [2.45, 2.75) is 19.5 Å². The molecule has 0 unspecified atom stereocenters. The lowest BCUT2D eigenvalue weighted by molar-refractivity contribution is 0.626. The molecule has 4 rings (SSSR count). The van der Waals surface area contributed by atoms with Gasteiger partial charge in [-0.15, -0.1) is 0 Å². The maximum atomic E-state index is 13.1. The van der Waals surface area contributed by atoms with E-state index in [0.717, 1.165) is 23.5 Å². The molecule has 0 amide bonds. The Hall–Kier alpha value is -4.00. The normalized spacial score (nSPS) is 11.4. The number of nitrogens with one attached hydrogen (secondary N) is 2. The van der Waals surface area contributed by atoms with E-state index in [2.05, 4.69) is 68.2 Å². The number of guanidine groups is 1.